The van der Waals surface area contributed by atoms with Gasteiger partial charge in [0.2, 0.25) is 11.8 Å². The van der Waals surface area contributed by atoms with E-state index >= 15 is 0 Å². The third-order valence-corrected chi connectivity index (χ3v) is 3.71. The molecule has 0 aliphatic rings. The molecule has 5 heteroatoms. The number of ether oxygens (including phenoxy) is 1. The molecule has 0 aliphatic carbocycles. The summed E-state index contributed by atoms with van der Waals surface area (Å²) in [5.41, 5.74) is 7.41. The summed E-state index contributed by atoms with van der Waals surface area (Å²) >= 11 is 0. The van der Waals surface area contributed by atoms with E-state index in [1.165, 1.54) is 0 Å². The fourth-order valence-corrected chi connectivity index (χ4v) is 2.63. The van der Waals surface area contributed by atoms with E-state index in [0.717, 1.165) is 11.1 Å². The Balaban J connectivity index is 2.35. The molecule has 0 radical (unpaired) electrons. The summed E-state index contributed by atoms with van der Waals surface area (Å²) in [6.07, 6.45) is 0. The zero-order chi connectivity index (χ0) is 17.4. The largest absolute Gasteiger partial charge is 0.372 e. The van der Waals surface area contributed by atoms with Gasteiger partial charge in [0.1, 0.15) is 12.6 Å². The van der Waals surface area contributed by atoms with Gasteiger partial charge in [0.15, 0.2) is 0 Å². The molecule has 2 aromatic carbocycles. The summed E-state index contributed by atoms with van der Waals surface area (Å²) in [6.45, 7) is 2.13. The maximum Gasteiger partial charge on any atom is 0.246 e. The number of carbonyl (C=O) groups excluding carboxylic acids is 2. The number of hydrogen-bond donors (Lipinski definition) is 2. The Bertz CT molecular complexity index is 619. The number of carbonyl (C=O) groups is 2. The van der Waals surface area contributed by atoms with Crippen molar-refractivity contribution in [2.24, 2.45) is 5.73 Å². The van der Waals surface area contributed by atoms with E-state index in [-0.39, 0.29) is 18.4 Å². The molecule has 0 aromatic heterocycles. The van der Waals surface area contributed by atoms with Gasteiger partial charge < -0.3 is 15.8 Å². The van der Waals surface area contributed by atoms with E-state index in [1.54, 1.807) is 6.92 Å². The average molecular weight is 326 g/mol. The molecule has 0 unspecified atom stereocenters. The van der Waals surface area contributed by atoms with Crippen LogP contribution in [0.15, 0.2) is 60.7 Å². The number of amides is 2. The molecule has 24 heavy (non-hydrogen) atoms. The highest BCUT2D eigenvalue weighted by Crippen LogP contribution is 2.28. The van der Waals surface area contributed by atoms with Crippen molar-refractivity contribution in [3.63, 3.8) is 0 Å². The highest BCUT2D eigenvalue weighted by Gasteiger charge is 2.30. The Hall–Kier alpha value is -2.66. The van der Waals surface area contributed by atoms with Crippen LogP contribution in [0, 0.1) is 0 Å². The molecule has 0 fully saturated rings. The van der Waals surface area contributed by atoms with E-state index in [9.17, 15) is 9.59 Å². The molecule has 0 spiro atoms. The second-order valence-electron chi connectivity index (χ2n) is 5.38. The minimum Gasteiger partial charge on any atom is -0.372 e. The van der Waals surface area contributed by atoms with Gasteiger partial charge in [0.05, 0.1) is 0 Å². The Labute approximate surface area is 141 Å². The fraction of sp³-hybridized carbons (Fsp3) is 0.263. The van der Waals surface area contributed by atoms with Gasteiger partial charge >= 0.3 is 0 Å². The van der Waals surface area contributed by atoms with Crippen LogP contribution in [0.3, 0.4) is 0 Å². The van der Waals surface area contributed by atoms with E-state index in [0.29, 0.717) is 6.61 Å². The molecular formula is C19H22N2O3. The van der Waals surface area contributed by atoms with Crippen LogP contribution < -0.4 is 11.1 Å². The molecule has 0 heterocycles. The Morgan fingerprint density at radius 3 is 1.92 bits per heavy atom. The van der Waals surface area contributed by atoms with Crippen LogP contribution in [0.4, 0.5) is 0 Å². The molecule has 2 rings (SSSR count). The molecule has 5 nitrogen and oxygen atoms in total. The normalized spacial score (nSPS) is 11.9. The lowest BCUT2D eigenvalue weighted by molar-refractivity contribution is -0.130. The molecule has 1 atom stereocenters. The Morgan fingerprint density at radius 1 is 1.00 bits per heavy atom. The first kappa shape index (κ1) is 17.7. The summed E-state index contributed by atoms with van der Waals surface area (Å²) in [5.74, 6) is -1.31. The van der Waals surface area contributed by atoms with Crippen LogP contribution in [-0.4, -0.2) is 31.1 Å². The van der Waals surface area contributed by atoms with Crippen LogP contribution in [-0.2, 0) is 14.3 Å². The van der Waals surface area contributed by atoms with Crippen LogP contribution in [0.1, 0.15) is 24.0 Å². The summed E-state index contributed by atoms with van der Waals surface area (Å²) in [7, 11) is 0. The monoisotopic (exact) mass is 326 g/mol. The van der Waals surface area contributed by atoms with Crippen molar-refractivity contribution in [1.29, 1.82) is 0 Å². The van der Waals surface area contributed by atoms with Crippen LogP contribution in [0.25, 0.3) is 0 Å². The molecule has 3 N–H and O–H groups in total. The summed E-state index contributed by atoms with van der Waals surface area (Å²) < 4.78 is 5.10. The Morgan fingerprint density at radius 2 is 1.50 bits per heavy atom. The van der Waals surface area contributed by atoms with Gasteiger partial charge in [0, 0.05) is 12.5 Å². The molecule has 126 valence electrons. The predicted octanol–water partition coefficient (Wildman–Crippen LogP) is 1.83. The number of hydrogen-bond acceptors (Lipinski definition) is 3. The lowest BCUT2D eigenvalue weighted by Gasteiger charge is -2.26. The van der Waals surface area contributed by atoms with E-state index in [2.05, 4.69) is 5.32 Å². The minimum atomic E-state index is -0.859. The van der Waals surface area contributed by atoms with E-state index in [4.69, 9.17) is 10.5 Å². The van der Waals surface area contributed by atoms with Gasteiger partial charge in [-0.05, 0) is 18.1 Å². The SMILES string of the molecule is CCOCC(=O)N[C@H](C(N)=O)C(c1ccccc1)c1ccccc1. The maximum atomic E-state index is 12.1. The van der Waals surface area contributed by atoms with Gasteiger partial charge in [0.25, 0.3) is 0 Å². The average Bonchev–Trinajstić information content (AvgIpc) is 2.61. The van der Waals surface area contributed by atoms with Crippen molar-refractivity contribution in [3.05, 3.63) is 71.8 Å². The minimum absolute atomic E-state index is 0.101. The molecular weight excluding hydrogens is 304 g/mol. The van der Waals surface area contributed by atoms with Gasteiger partial charge in [-0.2, -0.15) is 0 Å². The molecule has 0 saturated heterocycles. The second kappa shape index (κ2) is 8.84. The lowest BCUT2D eigenvalue weighted by atomic mass is 9.84. The highest BCUT2D eigenvalue weighted by atomic mass is 16.5. The second-order valence-corrected chi connectivity index (χ2v) is 5.38. The quantitative estimate of drug-likeness (QED) is 0.776. The maximum absolute atomic E-state index is 12.1. The van der Waals surface area contributed by atoms with Crippen molar-refractivity contribution in [2.45, 2.75) is 18.9 Å². The van der Waals surface area contributed by atoms with Crippen LogP contribution in [0.5, 0.6) is 0 Å². The van der Waals surface area contributed by atoms with Crippen LogP contribution in [0.2, 0.25) is 0 Å². The lowest BCUT2D eigenvalue weighted by Crippen LogP contribution is -2.49. The van der Waals surface area contributed by atoms with Gasteiger partial charge in [-0.1, -0.05) is 60.7 Å². The van der Waals surface area contributed by atoms with Crippen molar-refractivity contribution in [1.82, 2.24) is 5.32 Å². The first-order chi connectivity index (χ1) is 11.6. The van der Waals surface area contributed by atoms with Gasteiger partial charge in [-0.15, -0.1) is 0 Å². The van der Waals surface area contributed by atoms with E-state index in [1.807, 2.05) is 60.7 Å². The van der Waals surface area contributed by atoms with Crippen LogP contribution >= 0.6 is 0 Å². The highest BCUT2D eigenvalue weighted by molar-refractivity contribution is 5.88. The third kappa shape index (κ3) is 4.67. The molecule has 2 amide bonds. The van der Waals surface area contributed by atoms with Crippen molar-refractivity contribution in [3.8, 4) is 0 Å². The number of benzene rings is 2. The first-order valence-corrected chi connectivity index (χ1v) is 7.89. The zero-order valence-electron chi connectivity index (χ0n) is 13.6. The summed E-state index contributed by atoms with van der Waals surface area (Å²) in [5, 5.41) is 2.71. The van der Waals surface area contributed by atoms with Crippen molar-refractivity contribution in [2.75, 3.05) is 13.2 Å². The molecule has 0 bridgehead atoms. The van der Waals surface area contributed by atoms with Crippen molar-refractivity contribution >= 4 is 11.8 Å². The van der Waals surface area contributed by atoms with Gasteiger partial charge in [-0.3, -0.25) is 9.59 Å². The van der Waals surface area contributed by atoms with Crippen molar-refractivity contribution < 1.29 is 14.3 Å². The molecule has 0 saturated carbocycles. The molecule has 0 aliphatic heterocycles. The number of primary amides is 1. The standard InChI is InChI=1S/C19H22N2O3/c1-2-24-13-16(22)21-18(19(20)23)17(14-9-5-3-6-10-14)15-11-7-4-8-12-15/h3-12,17-18H,2,13H2,1H3,(H2,20,23)(H,21,22)/t18-/m0/s1. The molecule has 2 aromatic rings. The number of rotatable bonds is 8. The fourth-order valence-electron chi connectivity index (χ4n) is 2.63. The summed E-state index contributed by atoms with van der Waals surface area (Å²) in [6, 6.07) is 18.2. The summed E-state index contributed by atoms with van der Waals surface area (Å²) in [4.78, 5) is 24.1. The van der Waals surface area contributed by atoms with E-state index < -0.39 is 11.9 Å². The van der Waals surface area contributed by atoms with Gasteiger partial charge in [-0.25, -0.2) is 0 Å². The third-order valence-electron chi connectivity index (χ3n) is 3.71. The smallest absolute Gasteiger partial charge is 0.246 e. The zero-order valence-corrected chi connectivity index (χ0v) is 13.6. The number of nitrogens with two attached hydrogens (primary N) is 1. The number of nitrogens with one attached hydrogen (secondary N) is 1. The first-order valence-electron chi connectivity index (χ1n) is 7.89. The topological polar surface area (TPSA) is 81.4 Å². The predicted molar refractivity (Wildman–Crippen MR) is 92.3 cm³/mol. The Kier molecular flexibility index (Phi) is 6.51.